The van der Waals surface area contributed by atoms with Crippen LogP contribution in [-0.4, -0.2) is 14.8 Å². The number of benzene rings is 1. The predicted molar refractivity (Wildman–Crippen MR) is 71.2 cm³/mol. The van der Waals surface area contributed by atoms with Gasteiger partial charge >= 0.3 is 0 Å². The lowest BCUT2D eigenvalue weighted by Gasteiger charge is -1.99. The van der Waals surface area contributed by atoms with E-state index < -0.39 is 0 Å². The third-order valence-corrected chi connectivity index (χ3v) is 3.37. The quantitative estimate of drug-likeness (QED) is 0.835. The Morgan fingerprint density at radius 1 is 1.33 bits per heavy atom. The van der Waals surface area contributed by atoms with Crippen molar-refractivity contribution in [2.75, 3.05) is 5.73 Å². The van der Waals surface area contributed by atoms with Crippen LogP contribution >= 0.6 is 0 Å². The molecule has 0 aliphatic heterocycles. The lowest BCUT2D eigenvalue weighted by Crippen LogP contribution is -1.97. The second kappa shape index (κ2) is 4.44. The van der Waals surface area contributed by atoms with Crippen LogP contribution in [0.2, 0.25) is 0 Å². The number of hydrogen-bond donors (Lipinski definition) is 1. The third-order valence-electron chi connectivity index (χ3n) is 3.37. The van der Waals surface area contributed by atoms with Crippen LogP contribution in [0.1, 0.15) is 36.0 Å². The van der Waals surface area contributed by atoms with Crippen LogP contribution in [0.5, 0.6) is 0 Å². The Hall–Kier alpha value is -1.84. The first kappa shape index (κ1) is 11.3. The van der Waals surface area contributed by atoms with E-state index in [4.69, 9.17) is 5.73 Å². The van der Waals surface area contributed by atoms with Gasteiger partial charge in [-0.05, 0) is 37.0 Å². The van der Waals surface area contributed by atoms with Crippen LogP contribution in [0.4, 0.5) is 5.69 Å². The van der Waals surface area contributed by atoms with E-state index in [1.54, 1.807) is 0 Å². The molecule has 2 aromatic rings. The van der Waals surface area contributed by atoms with Crippen molar-refractivity contribution < 1.29 is 0 Å². The normalized spacial score (nSPS) is 14.9. The van der Waals surface area contributed by atoms with Gasteiger partial charge in [-0.15, -0.1) is 0 Å². The van der Waals surface area contributed by atoms with E-state index in [-0.39, 0.29) is 0 Å². The predicted octanol–water partition coefficient (Wildman–Crippen LogP) is 2.06. The van der Waals surface area contributed by atoms with Gasteiger partial charge in [0.15, 0.2) is 5.82 Å². The second-order valence-electron chi connectivity index (χ2n) is 5.03. The minimum absolute atomic E-state index is 0.656. The molecule has 1 aliphatic carbocycles. The molecule has 0 radical (unpaired) electrons. The molecule has 1 heterocycles. The summed E-state index contributed by atoms with van der Waals surface area (Å²) >= 11 is 0. The van der Waals surface area contributed by atoms with E-state index in [0.717, 1.165) is 30.2 Å². The van der Waals surface area contributed by atoms with Crippen molar-refractivity contribution in [1.82, 2.24) is 14.8 Å². The van der Waals surface area contributed by atoms with Gasteiger partial charge in [0.2, 0.25) is 0 Å². The van der Waals surface area contributed by atoms with Gasteiger partial charge in [-0.1, -0.05) is 12.1 Å². The van der Waals surface area contributed by atoms with Crippen LogP contribution in [0.15, 0.2) is 24.3 Å². The highest BCUT2D eigenvalue weighted by atomic mass is 15.3. The van der Waals surface area contributed by atoms with Crippen molar-refractivity contribution in [3.8, 4) is 0 Å². The molecule has 1 aromatic carbocycles. The summed E-state index contributed by atoms with van der Waals surface area (Å²) in [7, 11) is 1.99. The summed E-state index contributed by atoms with van der Waals surface area (Å²) in [5.41, 5.74) is 7.83. The van der Waals surface area contributed by atoms with E-state index in [1.807, 2.05) is 29.9 Å². The van der Waals surface area contributed by atoms with E-state index in [0.29, 0.717) is 5.92 Å². The van der Waals surface area contributed by atoms with E-state index in [2.05, 4.69) is 16.1 Å². The summed E-state index contributed by atoms with van der Waals surface area (Å²) in [4.78, 5) is 4.63. The summed E-state index contributed by atoms with van der Waals surface area (Å²) < 4.78 is 1.94. The second-order valence-corrected chi connectivity index (χ2v) is 5.03. The number of anilines is 1. The Labute approximate surface area is 107 Å². The average molecular weight is 242 g/mol. The molecule has 0 atom stereocenters. The minimum atomic E-state index is 0.656. The Balaban J connectivity index is 1.67. The monoisotopic (exact) mass is 242 g/mol. The minimum Gasteiger partial charge on any atom is -0.399 e. The molecule has 0 spiro atoms. The zero-order chi connectivity index (χ0) is 12.5. The zero-order valence-electron chi connectivity index (χ0n) is 10.6. The first-order valence-corrected chi connectivity index (χ1v) is 6.46. The fraction of sp³-hybridized carbons (Fsp3) is 0.429. The summed E-state index contributed by atoms with van der Waals surface area (Å²) in [6.07, 6.45) is 4.35. The summed E-state index contributed by atoms with van der Waals surface area (Å²) in [5, 5.41) is 4.48. The van der Waals surface area contributed by atoms with Gasteiger partial charge < -0.3 is 5.73 Å². The first-order valence-electron chi connectivity index (χ1n) is 6.46. The molecule has 4 nitrogen and oxygen atoms in total. The van der Waals surface area contributed by atoms with Crippen molar-refractivity contribution in [1.29, 1.82) is 0 Å². The molecule has 1 fully saturated rings. The van der Waals surface area contributed by atoms with Crippen molar-refractivity contribution in [3.63, 3.8) is 0 Å². The smallest absolute Gasteiger partial charge is 0.151 e. The molecular weight excluding hydrogens is 224 g/mol. The Morgan fingerprint density at radius 2 is 2.17 bits per heavy atom. The zero-order valence-corrected chi connectivity index (χ0v) is 10.6. The molecule has 4 heteroatoms. The van der Waals surface area contributed by atoms with E-state index >= 15 is 0 Å². The topological polar surface area (TPSA) is 56.7 Å². The number of hydrogen-bond acceptors (Lipinski definition) is 3. The van der Waals surface area contributed by atoms with Crippen molar-refractivity contribution in [3.05, 3.63) is 41.5 Å². The van der Waals surface area contributed by atoms with Crippen LogP contribution in [0.25, 0.3) is 0 Å². The molecular formula is C14H18N4. The molecule has 1 aliphatic rings. The highest BCUT2D eigenvalue weighted by Gasteiger charge is 2.28. The van der Waals surface area contributed by atoms with Crippen LogP contribution in [-0.2, 0) is 19.9 Å². The summed E-state index contributed by atoms with van der Waals surface area (Å²) in [5.74, 6) is 2.75. The van der Waals surface area contributed by atoms with Crippen LogP contribution < -0.4 is 5.73 Å². The number of nitrogens with two attached hydrogens (primary N) is 1. The Kier molecular flexibility index (Phi) is 2.78. The number of aromatic nitrogens is 3. The molecule has 0 saturated heterocycles. The van der Waals surface area contributed by atoms with Gasteiger partial charge in [-0.2, -0.15) is 5.10 Å². The molecule has 1 aromatic heterocycles. The maximum absolute atomic E-state index is 5.77. The summed E-state index contributed by atoms with van der Waals surface area (Å²) in [6.45, 7) is 0. The number of aryl methyl sites for hydroxylation is 3. The summed E-state index contributed by atoms with van der Waals surface area (Å²) in [6, 6.07) is 8.02. The number of nitrogen functional groups attached to an aromatic ring is 1. The van der Waals surface area contributed by atoms with Gasteiger partial charge in [-0.25, -0.2) is 4.98 Å². The van der Waals surface area contributed by atoms with Gasteiger partial charge in [0.1, 0.15) is 5.82 Å². The maximum Gasteiger partial charge on any atom is 0.151 e. The fourth-order valence-corrected chi connectivity index (χ4v) is 2.26. The van der Waals surface area contributed by atoms with Crippen LogP contribution in [0, 0.1) is 0 Å². The Morgan fingerprint density at radius 3 is 2.89 bits per heavy atom. The maximum atomic E-state index is 5.77. The van der Waals surface area contributed by atoms with Gasteiger partial charge in [0.25, 0.3) is 0 Å². The van der Waals surface area contributed by atoms with Gasteiger partial charge in [-0.3, -0.25) is 4.68 Å². The fourth-order valence-electron chi connectivity index (χ4n) is 2.26. The van der Waals surface area contributed by atoms with Gasteiger partial charge in [0.05, 0.1) is 0 Å². The van der Waals surface area contributed by atoms with Crippen molar-refractivity contribution in [2.24, 2.45) is 7.05 Å². The van der Waals surface area contributed by atoms with E-state index in [9.17, 15) is 0 Å². The number of rotatable bonds is 4. The molecule has 94 valence electrons. The van der Waals surface area contributed by atoms with Gasteiger partial charge in [0, 0.05) is 25.1 Å². The number of nitrogens with zero attached hydrogens (tertiary/aromatic N) is 3. The first-order chi connectivity index (χ1) is 8.72. The highest BCUT2D eigenvalue weighted by molar-refractivity contribution is 5.40. The molecule has 3 rings (SSSR count). The largest absolute Gasteiger partial charge is 0.399 e. The molecule has 0 bridgehead atoms. The third kappa shape index (κ3) is 2.37. The van der Waals surface area contributed by atoms with Crippen LogP contribution in [0.3, 0.4) is 0 Å². The lowest BCUT2D eigenvalue weighted by molar-refractivity contribution is 0.694. The standard InChI is InChI=1S/C14H18N4/c1-18-14(11-6-7-11)16-13(17-18)8-5-10-3-2-4-12(15)9-10/h2-4,9,11H,5-8,15H2,1H3. The van der Waals surface area contributed by atoms with Crippen molar-refractivity contribution in [2.45, 2.75) is 31.6 Å². The highest BCUT2D eigenvalue weighted by Crippen LogP contribution is 2.38. The van der Waals surface area contributed by atoms with E-state index in [1.165, 1.54) is 18.4 Å². The SMILES string of the molecule is Cn1nc(CCc2cccc(N)c2)nc1C1CC1. The average Bonchev–Trinajstić information content (AvgIpc) is 3.11. The van der Waals surface area contributed by atoms with Crippen molar-refractivity contribution >= 4 is 5.69 Å². The molecule has 0 unspecified atom stereocenters. The lowest BCUT2D eigenvalue weighted by atomic mass is 10.1. The molecule has 18 heavy (non-hydrogen) atoms. The molecule has 2 N–H and O–H groups in total. The molecule has 1 saturated carbocycles. The molecule has 0 amide bonds. The Bertz CT molecular complexity index is 555.